The molecule has 8 heteroatoms. The standard InChI is InChI=1S/C12H20BrN3O4/c1-3-12(7-17,8-18)15-9-6-14-16(4-5-20-2)11(19)10(9)13/h6,15,17-18H,3-5,7-8H2,1-2H3. The van der Waals surface area contributed by atoms with Crippen LogP contribution >= 0.6 is 15.9 Å². The summed E-state index contributed by atoms with van der Waals surface area (Å²) < 4.78 is 6.50. The van der Waals surface area contributed by atoms with Crippen molar-refractivity contribution in [3.8, 4) is 0 Å². The molecule has 1 rings (SSSR count). The van der Waals surface area contributed by atoms with Crippen molar-refractivity contribution in [3.05, 3.63) is 21.0 Å². The van der Waals surface area contributed by atoms with Crippen LogP contribution in [0.15, 0.2) is 15.5 Å². The predicted molar refractivity (Wildman–Crippen MR) is 78.9 cm³/mol. The van der Waals surface area contributed by atoms with Gasteiger partial charge in [-0.1, -0.05) is 6.92 Å². The second-order valence-corrected chi connectivity index (χ2v) is 5.26. The Kier molecular flexibility index (Phi) is 6.60. The van der Waals surface area contributed by atoms with Crippen LogP contribution in [-0.2, 0) is 11.3 Å². The topological polar surface area (TPSA) is 96.6 Å². The first-order chi connectivity index (χ1) is 9.53. The third-order valence-electron chi connectivity index (χ3n) is 3.17. The summed E-state index contributed by atoms with van der Waals surface area (Å²) in [5, 5.41) is 25.8. The molecule has 0 fully saturated rings. The maximum atomic E-state index is 12.1. The summed E-state index contributed by atoms with van der Waals surface area (Å²) in [6.45, 7) is 2.07. The maximum Gasteiger partial charge on any atom is 0.283 e. The summed E-state index contributed by atoms with van der Waals surface area (Å²) in [5.74, 6) is 0. The molecule has 3 N–H and O–H groups in total. The van der Waals surface area contributed by atoms with Crippen molar-refractivity contribution in [2.45, 2.75) is 25.4 Å². The van der Waals surface area contributed by atoms with Crippen molar-refractivity contribution >= 4 is 21.6 Å². The molecule has 0 aliphatic heterocycles. The summed E-state index contributed by atoms with van der Waals surface area (Å²) in [6, 6.07) is 0. The van der Waals surface area contributed by atoms with E-state index in [0.717, 1.165) is 0 Å². The van der Waals surface area contributed by atoms with E-state index in [1.54, 1.807) is 7.11 Å². The summed E-state index contributed by atoms with van der Waals surface area (Å²) >= 11 is 3.22. The fourth-order valence-corrected chi connectivity index (χ4v) is 2.02. The molecule has 0 saturated heterocycles. The van der Waals surface area contributed by atoms with Gasteiger partial charge in [0.05, 0.1) is 43.8 Å². The number of ether oxygens (including phenoxy) is 1. The number of hydrogen-bond donors (Lipinski definition) is 3. The fraction of sp³-hybridized carbons (Fsp3) is 0.667. The minimum atomic E-state index is -0.880. The molecule has 0 saturated carbocycles. The molecule has 0 atom stereocenters. The smallest absolute Gasteiger partial charge is 0.283 e. The Morgan fingerprint density at radius 3 is 2.65 bits per heavy atom. The highest BCUT2D eigenvalue weighted by Crippen LogP contribution is 2.22. The highest BCUT2D eigenvalue weighted by Gasteiger charge is 2.27. The van der Waals surface area contributed by atoms with E-state index in [0.29, 0.717) is 29.7 Å². The number of aliphatic hydroxyl groups is 2. The molecule has 1 aromatic rings. The lowest BCUT2D eigenvalue weighted by Crippen LogP contribution is -2.45. The Labute approximate surface area is 125 Å². The second kappa shape index (κ2) is 7.72. The van der Waals surface area contributed by atoms with E-state index in [1.165, 1.54) is 10.9 Å². The molecule has 0 bridgehead atoms. The van der Waals surface area contributed by atoms with Crippen LogP contribution in [0, 0.1) is 0 Å². The number of anilines is 1. The number of methoxy groups -OCH3 is 1. The van der Waals surface area contributed by atoms with Gasteiger partial charge in [-0.3, -0.25) is 4.79 Å². The van der Waals surface area contributed by atoms with Gasteiger partial charge in [0.25, 0.3) is 5.56 Å². The molecule has 1 aromatic heterocycles. The Balaban J connectivity index is 3.03. The fourth-order valence-electron chi connectivity index (χ4n) is 1.62. The van der Waals surface area contributed by atoms with Gasteiger partial charge in [0.1, 0.15) is 4.47 Å². The average molecular weight is 350 g/mol. The molecule has 114 valence electrons. The van der Waals surface area contributed by atoms with E-state index in [-0.39, 0.29) is 18.8 Å². The minimum Gasteiger partial charge on any atom is -0.394 e. The number of nitrogens with one attached hydrogen (secondary N) is 1. The Bertz CT molecular complexity index is 480. The lowest BCUT2D eigenvalue weighted by molar-refractivity contribution is 0.132. The molecule has 0 aromatic carbocycles. The third kappa shape index (κ3) is 3.78. The second-order valence-electron chi connectivity index (χ2n) is 4.47. The van der Waals surface area contributed by atoms with Crippen LogP contribution in [0.4, 0.5) is 5.69 Å². The number of aromatic nitrogens is 2. The summed E-state index contributed by atoms with van der Waals surface area (Å²) in [6.07, 6.45) is 1.98. The van der Waals surface area contributed by atoms with Crippen LogP contribution in [0.1, 0.15) is 13.3 Å². The summed E-state index contributed by atoms with van der Waals surface area (Å²) in [5.41, 5.74) is -0.739. The monoisotopic (exact) mass is 349 g/mol. The van der Waals surface area contributed by atoms with Crippen LogP contribution in [0.3, 0.4) is 0 Å². The van der Waals surface area contributed by atoms with Gasteiger partial charge in [-0.15, -0.1) is 0 Å². The van der Waals surface area contributed by atoms with Crippen LogP contribution < -0.4 is 10.9 Å². The number of hydrogen-bond acceptors (Lipinski definition) is 6. The molecule has 0 unspecified atom stereocenters. The van der Waals surface area contributed by atoms with E-state index >= 15 is 0 Å². The quantitative estimate of drug-likeness (QED) is 0.620. The minimum absolute atomic E-state index is 0.251. The number of aliphatic hydroxyl groups excluding tert-OH is 2. The molecule has 0 spiro atoms. The first-order valence-corrected chi connectivity index (χ1v) is 7.07. The first-order valence-electron chi connectivity index (χ1n) is 6.28. The molecule has 0 aliphatic rings. The Morgan fingerprint density at radius 1 is 1.50 bits per heavy atom. The van der Waals surface area contributed by atoms with E-state index in [9.17, 15) is 15.0 Å². The van der Waals surface area contributed by atoms with Crippen LogP contribution in [-0.4, -0.2) is 52.5 Å². The van der Waals surface area contributed by atoms with E-state index < -0.39 is 5.54 Å². The molecular formula is C12H20BrN3O4. The molecule has 0 radical (unpaired) electrons. The number of halogens is 1. The van der Waals surface area contributed by atoms with Gasteiger partial charge in [-0.2, -0.15) is 5.10 Å². The molecule has 0 aliphatic carbocycles. The Morgan fingerprint density at radius 2 is 2.15 bits per heavy atom. The Hall–Kier alpha value is -0.960. The average Bonchev–Trinajstić information content (AvgIpc) is 2.48. The van der Waals surface area contributed by atoms with Gasteiger partial charge in [0.15, 0.2) is 0 Å². The molecule has 20 heavy (non-hydrogen) atoms. The van der Waals surface area contributed by atoms with Gasteiger partial charge >= 0.3 is 0 Å². The maximum absolute atomic E-state index is 12.1. The largest absolute Gasteiger partial charge is 0.394 e. The van der Waals surface area contributed by atoms with Gasteiger partial charge in [-0.05, 0) is 22.4 Å². The zero-order valence-electron chi connectivity index (χ0n) is 11.6. The van der Waals surface area contributed by atoms with Crippen molar-refractivity contribution in [3.63, 3.8) is 0 Å². The van der Waals surface area contributed by atoms with Crippen molar-refractivity contribution < 1.29 is 14.9 Å². The number of rotatable bonds is 8. The van der Waals surface area contributed by atoms with E-state index in [2.05, 4.69) is 26.3 Å². The highest BCUT2D eigenvalue weighted by molar-refractivity contribution is 9.10. The lowest BCUT2D eigenvalue weighted by Gasteiger charge is -2.31. The predicted octanol–water partition coefficient (Wildman–Crippen LogP) is 0.197. The zero-order valence-corrected chi connectivity index (χ0v) is 13.2. The van der Waals surface area contributed by atoms with Crippen molar-refractivity contribution in [1.29, 1.82) is 0 Å². The van der Waals surface area contributed by atoms with E-state index in [4.69, 9.17) is 4.74 Å². The molecule has 0 amide bonds. The lowest BCUT2D eigenvalue weighted by atomic mass is 9.98. The molecular weight excluding hydrogens is 330 g/mol. The number of nitrogens with zero attached hydrogens (tertiary/aromatic N) is 2. The van der Waals surface area contributed by atoms with Crippen molar-refractivity contribution in [2.75, 3.05) is 32.2 Å². The van der Waals surface area contributed by atoms with Gasteiger partial charge in [-0.25, -0.2) is 4.68 Å². The van der Waals surface area contributed by atoms with Crippen molar-refractivity contribution in [2.24, 2.45) is 0 Å². The van der Waals surface area contributed by atoms with E-state index in [1.807, 2.05) is 6.92 Å². The normalized spacial score (nSPS) is 11.7. The van der Waals surface area contributed by atoms with Crippen LogP contribution in [0.2, 0.25) is 0 Å². The highest BCUT2D eigenvalue weighted by atomic mass is 79.9. The van der Waals surface area contributed by atoms with Gasteiger partial charge in [0.2, 0.25) is 0 Å². The molecule has 1 heterocycles. The van der Waals surface area contributed by atoms with Crippen LogP contribution in [0.5, 0.6) is 0 Å². The van der Waals surface area contributed by atoms with Gasteiger partial charge in [0, 0.05) is 7.11 Å². The zero-order chi connectivity index (χ0) is 15.2. The SMILES string of the molecule is CCC(CO)(CO)Nc1cnn(CCOC)c(=O)c1Br. The summed E-state index contributed by atoms with van der Waals surface area (Å²) in [7, 11) is 1.55. The van der Waals surface area contributed by atoms with Crippen LogP contribution in [0.25, 0.3) is 0 Å². The summed E-state index contributed by atoms with van der Waals surface area (Å²) in [4.78, 5) is 12.1. The third-order valence-corrected chi connectivity index (χ3v) is 3.94. The van der Waals surface area contributed by atoms with Crippen molar-refractivity contribution in [1.82, 2.24) is 9.78 Å². The first kappa shape index (κ1) is 17.1. The van der Waals surface area contributed by atoms with Gasteiger partial charge < -0.3 is 20.3 Å². The molecule has 7 nitrogen and oxygen atoms in total.